The molecule has 0 aliphatic rings. The molecule has 0 saturated carbocycles. The van der Waals surface area contributed by atoms with E-state index in [2.05, 4.69) is 22.9 Å². The first-order valence-electron chi connectivity index (χ1n) is 6.57. The fraction of sp³-hybridized carbons (Fsp3) is 0.375. The monoisotopic (exact) mass is 276 g/mol. The van der Waals surface area contributed by atoms with E-state index >= 15 is 0 Å². The molecule has 1 atom stereocenters. The standard InChI is InChI=1S/C16H20O2S/c1-18-16-5-3-2-4-15(16)10-14(11-17)7-6-13-8-9-19-12-13/h2-5,8-9,12,14,17H,6-7,10-11H2,1H3. The van der Waals surface area contributed by atoms with Gasteiger partial charge in [-0.15, -0.1) is 0 Å². The molecule has 2 rings (SSSR count). The third kappa shape index (κ3) is 4.08. The van der Waals surface area contributed by atoms with E-state index in [4.69, 9.17) is 4.74 Å². The fourth-order valence-electron chi connectivity index (χ4n) is 2.25. The molecule has 0 aliphatic heterocycles. The van der Waals surface area contributed by atoms with E-state index in [1.807, 2.05) is 18.2 Å². The second-order valence-corrected chi connectivity index (χ2v) is 5.51. The lowest BCUT2D eigenvalue weighted by molar-refractivity contribution is 0.217. The molecule has 19 heavy (non-hydrogen) atoms. The maximum Gasteiger partial charge on any atom is 0.122 e. The van der Waals surface area contributed by atoms with E-state index in [1.54, 1.807) is 18.4 Å². The summed E-state index contributed by atoms with van der Waals surface area (Å²) in [4.78, 5) is 0. The highest BCUT2D eigenvalue weighted by Gasteiger charge is 2.12. The molecule has 0 aliphatic carbocycles. The number of rotatable bonds is 7. The van der Waals surface area contributed by atoms with Crippen LogP contribution in [0.25, 0.3) is 0 Å². The van der Waals surface area contributed by atoms with Gasteiger partial charge in [-0.2, -0.15) is 11.3 Å². The molecule has 0 saturated heterocycles. The zero-order chi connectivity index (χ0) is 13.5. The topological polar surface area (TPSA) is 29.5 Å². The molecule has 1 aromatic heterocycles. The molecule has 0 radical (unpaired) electrons. The number of aliphatic hydroxyl groups excluding tert-OH is 1. The number of hydrogen-bond acceptors (Lipinski definition) is 3. The summed E-state index contributed by atoms with van der Waals surface area (Å²) >= 11 is 1.73. The molecule has 0 bridgehead atoms. The van der Waals surface area contributed by atoms with Crippen LogP contribution >= 0.6 is 11.3 Å². The first-order chi connectivity index (χ1) is 9.33. The van der Waals surface area contributed by atoms with Crippen molar-refractivity contribution in [3.8, 4) is 5.75 Å². The molecule has 0 fully saturated rings. The van der Waals surface area contributed by atoms with Gasteiger partial charge in [0, 0.05) is 6.61 Å². The first-order valence-corrected chi connectivity index (χ1v) is 7.51. The number of para-hydroxylation sites is 1. The van der Waals surface area contributed by atoms with Gasteiger partial charge < -0.3 is 9.84 Å². The highest BCUT2D eigenvalue weighted by atomic mass is 32.1. The van der Waals surface area contributed by atoms with Crippen molar-refractivity contribution in [3.05, 3.63) is 52.2 Å². The van der Waals surface area contributed by atoms with Crippen molar-refractivity contribution in [2.45, 2.75) is 19.3 Å². The molecule has 1 heterocycles. The first kappa shape index (κ1) is 14.1. The second kappa shape index (κ2) is 7.31. The largest absolute Gasteiger partial charge is 0.496 e. The Kier molecular flexibility index (Phi) is 5.43. The van der Waals surface area contributed by atoms with Crippen molar-refractivity contribution >= 4 is 11.3 Å². The Hall–Kier alpha value is -1.32. The maximum absolute atomic E-state index is 9.54. The van der Waals surface area contributed by atoms with E-state index in [1.165, 1.54) is 11.1 Å². The zero-order valence-electron chi connectivity index (χ0n) is 11.2. The number of benzene rings is 1. The van der Waals surface area contributed by atoms with Gasteiger partial charge in [0.1, 0.15) is 5.75 Å². The van der Waals surface area contributed by atoms with Crippen LogP contribution in [0, 0.1) is 5.92 Å². The fourth-order valence-corrected chi connectivity index (χ4v) is 2.95. The minimum Gasteiger partial charge on any atom is -0.496 e. The van der Waals surface area contributed by atoms with Gasteiger partial charge in [-0.3, -0.25) is 0 Å². The summed E-state index contributed by atoms with van der Waals surface area (Å²) in [6.45, 7) is 0.224. The lowest BCUT2D eigenvalue weighted by Crippen LogP contribution is -2.11. The van der Waals surface area contributed by atoms with Crippen molar-refractivity contribution in [2.75, 3.05) is 13.7 Å². The van der Waals surface area contributed by atoms with Crippen molar-refractivity contribution in [1.82, 2.24) is 0 Å². The number of aryl methyl sites for hydroxylation is 1. The summed E-state index contributed by atoms with van der Waals surface area (Å²) in [6, 6.07) is 10.2. The van der Waals surface area contributed by atoms with Gasteiger partial charge in [-0.25, -0.2) is 0 Å². The van der Waals surface area contributed by atoms with E-state index in [-0.39, 0.29) is 12.5 Å². The number of ether oxygens (including phenoxy) is 1. The predicted octanol–water partition coefficient (Wildman–Crippen LogP) is 3.54. The van der Waals surface area contributed by atoms with Crippen molar-refractivity contribution in [3.63, 3.8) is 0 Å². The Morgan fingerprint density at radius 2 is 2.11 bits per heavy atom. The van der Waals surface area contributed by atoms with E-state index in [0.717, 1.165) is 25.0 Å². The Morgan fingerprint density at radius 3 is 2.79 bits per heavy atom. The summed E-state index contributed by atoms with van der Waals surface area (Å²) in [5.41, 5.74) is 2.54. The minimum atomic E-state index is 0.224. The van der Waals surface area contributed by atoms with Crippen LogP contribution in [0.3, 0.4) is 0 Å². The van der Waals surface area contributed by atoms with E-state index in [9.17, 15) is 5.11 Å². The summed E-state index contributed by atoms with van der Waals surface area (Å²) < 4.78 is 5.36. The minimum absolute atomic E-state index is 0.224. The summed E-state index contributed by atoms with van der Waals surface area (Å²) in [7, 11) is 1.69. The maximum atomic E-state index is 9.54. The van der Waals surface area contributed by atoms with Crippen molar-refractivity contribution < 1.29 is 9.84 Å². The summed E-state index contributed by atoms with van der Waals surface area (Å²) in [6.07, 6.45) is 2.90. The molecule has 0 amide bonds. The van der Waals surface area contributed by atoms with Gasteiger partial charge in [0.15, 0.2) is 0 Å². The molecule has 1 aromatic carbocycles. The molecule has 1 unspecified atom stereocenters. The SMILES string of the molecule is COc1ccccc1CC(CO)CCc1ccsc1. The Bertz CT molecular complexity index is 479. The third-order valence-electron chi connectivity index (χ3n) is 3.38. The van der Waals surface area contributed by atoms with Crippen LogP contribution in [0.2, 0.25) is 0 Å². The molecule has 2 aromatic rings. The molecule has 3 heteroatoms. The second-order valence-electron chi connectivity index (χ2n) is 4.73. The van der Waals surface area contributed by atoms with Gasteiger partial charge in [-0.1, -0.05) is 18.2 Å². The van der Waals surface area contributed by atoms with Gasteiger partial charge in [0.25, 0.3) is 0 Å². The van der Waals surface area contributed by atoms with Gasteiger partial charge in [0.2, 0.25) is 0 Å². The molecular formula is C16H20O2S. The van der Waals surface area contributed by atoms with Crippen LogP contribution < -0.4 is 4.74 Å². The number of hydrogen-bond donors (Lipinski definition) is 1. The third-order valence-corrected chi connectivity index (χ3v) is 4.11. The van der Waals surface area contributed by atoms with Gasteiger partial charge >= 0.3 is 0 Å². The van der Waals surface area contributed by atoms with Crippen molar-refractivity contribution in [2.24, 2.45) is 5.92 Å². The highest BCUT2D eigenvalue weighted by molar-refractivity contribution is 7.07. The average Bonchev–Trinajstić information content (AvgIpc) is 2.97. The van der Waals surface area contributed by atoms with Crippen molar-refractivity contribution in [1.29, 1.82) is 0 Å². The van der Waals surface area contributed by atoms with Crippen LogP contribution in [0.15, 0.2) is 41.1 Å². The lowest BCUT2D eigenvalue weighted by Gasteiger charge is -2.15. The Balaban J connectivity index is 1.94. The smallest absolute Gasteiger partial charge is 0.122 e. The molecule has 102 valence electrons. The van der Waals surface area contributed by atoms with Gasteiger partial charge in [-0.05, 0) is 59.2 Å². The number of methoxy groups -OCH3 is 1. The quantitative estimate of drug-likeness (QED) is 0.838. The Labute approximate surface area is 118 Å². The van der Waals surface area contributed by atoms with Crippen LogP contribution in [0.5, 0.6) is 5.75 Å². The predicted molar refractivity (Wildman–Crippen MR) is 79.9 cm³/mol. The number of thiophene rings is 1. The van der Waals surface area contributed by atoms with Crippen LogP contribution in [-0.2, 0) is 12.8 Å². The highest BCUT2D eigenvalue weighted by Crippen LogP contribution is 2.23. The lowest BCUT2D eigenvalue weighted by atomic mass is 9.94. The van der Waals surface area contributed by atoms with Crippen LogP contribution in [-0.4, -0.2) is 18.8 Å². The average molecular weight is 276 g/mol. The Morgan fingerprint density at radius 1 is 1.26 bits per heavy atom. The number of aliphatic hydroxyl groups is 1. The summed E-state index contributed by atoms with van der Waals surface area (Å²) in [5.74, 6) is 1.20. The molecular weight excluding hydrogens is 256 g/mol. The molecule has 0 spiro atoms. The summed E-state index contributed by atoms with van der Waals surface area (Å²) in [5, 5.41) is 13.8. The van der Waals surface area contributed by atoms with E-state index in [0.29, 0.717) is 0 Å². The van der Waals surface area contributed by atoms with Gasteiger partial charge in [0.05, 0.1) is 7.11 Å². The normalized spacial score (nSPS) is 12.3. The van der Waals surface area contributed by atoms with Crippen LogP contribution in [0.4, 0.5) is 0 Å². The molecule has 2 nitrogen and oxygen atoms in total. The van der Waals surface area contributed by atoms with Crippen LogP contribution in [0.1, 0.15) is 17.5 Å². The van der Waals surface area contributed by atoms with E-state index < -0.39 is 0 Å². The molecule has 1 N–H and O–H groups in total. The zero-order valence-corrected chi connectivity index (χ0v) is 12.0.